The molecule has 2 aliphatic heterocycles. The van der Waals surface area contributed by atoms with Crippen LogP contribution in [0, 0.1) is 16.7 Å². The molecule has 4 rings (SSSR count). The first kappa shape index (κ1) is 20.6. The largest absolute Gasteiger partial charge is 0.404 e. The van der Waals surface area contributed by atoms with Crippen LogP contribution in [-0.2, 0) is 0 Å². The van der Waals surface area contributed by atoms with Gasteiger partial charge >= 0.3 is 0 Å². The maximum Gasteiger partial charge on any atom is 0.180 e. The number of nitriles is 1. The van der Waals surface area contributed by atoms with Crippen molar-refractivity contribution in [1.82, 2.24) is 30.2 Å². The number of piperazine rings is 1. The molecule has 0 saturated carbocycles. The number of anilines is 1. The fourth-order valence-corrected chi connectivity index (χ4v) is 4.21. The first-order valence-electron chi connectivity index (χ1n) is 10.2. The van der Waals surface area contributed by atoms with Crippen molar-refractivity contribution >= 4 is 18.2 Å². The Labute approximate surface area is 181 Å². The highest BCUT2D eigenvalue weighted by molar-refractivity contribution is 5.78. The van der Waals surface area contributed by atoms with E-state index in [1.807, 2.05) is 17.6 Å². The molecule has 1 fully saturated rings. The van der Waals surface area contributed by atoms with E-state index in [2.05, 4.69) is 45.4 Å². The molecule has 0 amide bonds. The van der Waals surface area contributed by atoms with Crippen molar-refractivity contribution < 1.29 is 0 Å². The minimum atomic E-state index is -0.0889. The molecule has 0 aromatic carbocycles. The Morgan fingerprint density at radius 1 is 1.35 bits per heavy atom. The van der Waals surface area contributed by atoms with Gasteiger partial charge in [0.05, 0.1) is 18.3 Å². The summed E-state index contributed by atoms with van der Waals surface area (Å²) in [7, 11) is 0. The number of imidazole rings is 1. The van der Waals surface area contributed by atoms with Crippen molar-refractivity contribution in [1.29, 1.82) is 10.7 Å². The molecule has 4 unspecified atom stereocenters. The topological polar surface area (TPSA) is 145 Å². The number of hydrogen-bond donors (Lipinski definition) is 4. The summed E-state index contributed by atoms with van der Waals surface area (Å²) >= 11 is 0. The zero-order valence-electron chi connectivity index (χ0n) is 17.7. The van der Waals surface area contributed by atoms with E-state index in [9.17, 15) is 5.26 Å². The van der Waals surface area contributed by atoms with Gasteiger partial charge in [-0.15, -0.1) is 0 Å². The van der Waals surface area contributed by atoms with Crippen LogP contribution in [0.2, 0.25) is 0 Å². The van der Waals surface area contributed by atoms with Crippen LogP contribution in [0.15, 0.2) is 35.9 Å². The van der Waals surface area contributed by atoms with Crippen LogP contribution in [0.1, 0.15) is 32.6 Å². The molecule has 160 valence electrons. The number of nitrogens with two attached hydrogens (primary N) is 1. The van der Waals surface area contributed by atoms with Gasteiger partial charge in [0.1, 0.15) is 29.1 Å². The molecule has 5 N–H and O–H groups in total. The summed E-state index contributed by atoms with van der Waals surface area (Å²) in [6.07, 6.45) is 7.97. The maximum atomic E-state index is 9.32. The summed E-state index contributed by atoms with van der Waals surface area (Å²) in [5, 5.41) is 23.6. The smallest absolute Gasteiger partial charge is 0.180 e. The highest BCUT2D eigenvalue weighted by Crippen LogP contribution is 2.28. The molecule has 0 bridgehead atoms. The highest BCUT2D eigenvalue weighted by Gasteiger charge is 2.34. The second kappa shape index (κ2) is 8.20. The van der Waals surface area contributed by atoms with Gasteiger partial charge in [-0.2, -0.15) is 5.26 Å². The molecule has 10 nitrogen and oxygen atoms in total. The molecule has 4 atom stereocenters. The molecule has 10 heteroatoms. The number of nitrogens with one attached hydrogen (secondary N) is 3. The molecule has 0 radical (unpaired) electrons. The van der Waals surface area contributed by atoms with Crippen molar-refractivity contribution in [3.63, 3.8) is 0 Å². The average Bonchev–Trinajstić information content (AvgIpc) is 3.21. The van der Waals surface area contributed by atoms with Gasteiger partial charge in [-0.05, 0) is 26.8 Å². The minimum absolute atomic E-state index is 0.0315. The number of rotatable bonds is 4. The minimum Gasteiger partial charge on any atom is -0.404 e. The number of nitrogens with zero attached hydrogens (tertiary/aromatic N) is 6. The molecule has 2 aliphatic rings. The van der Waals surface area contributed by atoms with E-state index in [1.54, 1.807) is 18.6 Å². The van der Waals surface area contributed by atoms with Crippen molar-refractivity contribution in [2.45, 2.75) is 44.9 Å². The molecule has 2 aromatic rings. The average molecular weight is 419 g/mol. The summed E-state index contributed by atoms with van der Waals surface area (Å²) in [6, 6.07) is 4.09. The van der Waals surface area contributed by atoms with E-state index in [0.29, 0.717) is 11.5 Å². The standard InChI is InChI=1S/C21H26N10/c1-12-10-30(14(3)19(27-12)15(6-22)7-23)18-4-5-25-20(29-18)17-9-26-21-13(2)28-16(8-24)11-31(17)21/h4-7,9,11-14,19,22,27-28H,10,23H2,1-3H3/b15-7+,22-6?. The number of hydrogen-bond acceptors (Lipinski definition) is 9. The van der Waals surface area contributed by atoms with E-state index in [1.165, 1.54) is 12.4 Å². The van der Waals surface area contributed by atoms with Crippen molar-refractivity contribution in [3.8, 4) is 17.6 Å². The van der Waals surface area contributed by atoms with Gasteiger partial charge in [-0.1, -0.05) is 0 Å². The maximum absolute atomic E-state index is 9.32. The van der Waals surface area contributed by atoms with Gasteiger partial charge in [0.2, 0.25) is 0 Å². The van der Waals surface area contributed by atoms with Gasteiger partial charge in [-0.25, -0.2) is 15.0 Å². The van der Waals surface area contributed by atoms with E-state index >= 15 is 0 Å². The zero-order chi connectivity index (χ0) is 22.1. The Morgan fingerprint density at radius 2 is 2.16 bits per heavy atom. The van der Waals surface area contributed by atoms with Crippen LogP contribution in [0.25, 0.3) is 17.7 Å². The molecular formula is C21H26N10. The van der Waals surface area contributed by atoms with Crippen molar-refractivity contribution in [2.24, 2.45) is 5.73 Å². The van der Waals surface area contributed by atoms with E-state index in [0.717, 1.165) is 29.5 Å². The highest BCUT2D eigenvalue weighted by atomic mass is 15.3. The lowest BCUT2D eigenvalue weighted by molar-refractivity contribution is 0.363. The first-order valence-corrected chi connectivity index (χ1v) is 10.2. The van der Waals surface area contributed by atoms with Gasteiger partial charge in [0, 0.05) is 49.0 Å². The molecule has 31 heavy (non-hydrogen) atoms. The summed E-state index contributed by atoms with van der Waals surface area (Å²) in [6.45, 7) is 6.91. The Kier molecular flexibility index (Phi) is 5.44. The number of aromatic nitrogens is 4. The summed E-state index contributed by atoms with van der Waals surface area (Å²) in [4.78, 5) is 16.0. The van der Waals surface area contributed by atoms with Crippen LogP contribution in [0.3, 0.4) is 0 Å². The second-order valence-electron chi connectivity index (χ2n) is 7.88. The van der Waals surface area contributed by atoms with Gasteiger partial charge in [0.15, 0.2) is 5.82 Å². The Bertz CT molecular complexity index is 1090. The molecule has 2 aromatic heterocycles. The third-order valence-electron chi connectivity index (χ3n) is 5.75. The molecule has 1 saturated heterocycles. The summed E-state index contributed by atoms with van der Waals surface area (Å²) < 4.78 is 1.87. The Morgan fingerprint density at radius 3 is 2.87 bits per heavy atom. The molecule has 4 heterocycles. The fourth-order valence-electron chi connectivity index (χ4n) is 4.21. The summed E-state index contributed by atoms with van der Waals surface area (Å²) in [5.74, 6) is 2.13. The van der Waals surface area contributed by atoms with Gasteiger partial charge in [-0.3, -0.25) is 4.57 Å². The lowest BCUT2D eigenvalue weighted by Gasteiger charge is -2.44. The fraction of sp³-hybridized carbons (Fsp3) is 0.381. The third kappa shape index (κ3) is 3.64. The predicted molar refractivity (Wildman–Crippen MR) is 119 cm³/mol. The van der Waals surface area contributed by atoms with Crippen LogP contribution in [0.4, 0.5) is 5.82 Å². The normalized spacial score (nSPS) is 25.8. The summed E-state index contributed by atoms with van der Waals surface area (Å²) in [5.41, 5.74) is 7.68. The quantitative estimate of drug-likeness (QED) is 0.545. The van der Waals surface area contributed by atoms with Crippen LogP contribution < -0.4 is 21.3 Å². The van der Waals surface area contributed by atoms with Crippen LogP contribution in [0.5, 0.6) is 0 Å². The van der Waals surface area contributed by atoms with Crippen molar-refractivity contribution in [2.75, 3.05) is 11.4 Å². The third-order valence-corrected chi connectivity index (χ3v) is 5.75. The molecule has 0 aliphatic carbocycles. The Balaban J connectivity index is 1.71. The van der Waals surface area contributed by atoms with E-state index in [-0.39, 0.29) is 24.2 Å². The van der Waals surface area contributed by atoms with E-state index < -0.39 is 0 Å². The SMILES string of the molecule is CC1CN(c2ccnc(-c3cnc4n3C=C(C#N)NC4C)n2)C(C)C(/C(C=N)=C/N)N1. The lowest BCUT2D eigenvalue weighted by Crippen LogP contribution is -2.61. The van der Waals surface area contributed by atoms with Crippen molar-refractivity contribution in [3.05, 3.63) is 41.8 Å². The van der Waals surface area contributed by atoms with Crippen LogP contribution >= 0.6 is 0 Å². The molecule has 0 spiro atoms. The zero-order valence-corrected chi connectivity index (χ0v) is 17.7. The predicted octanol–water partition coefficient (Wildman–Crippen LogP) is 1.37. The van der Waals surface area contributed by atoms with Crippen LogP contribution in [-0.4, -0.2) is 50.4 Å². The number of fused-ring (bicyclic) bond motifs is 1. The monoisotopic (exact) mass is 418 g/mol. The lowest BCUT2D eigenvalue weighted by atomic mass is 9.96. The van der Waals surface area contributed by atoms with E-state index in [4.69, 9.17) is 16.1 Å². The van der Waals surface area contributed by atoms with Gasteiger partial charge in [0.25, 0.3) is 0 Å². The molecular weight excluding hydrogens is 392 g/mol. The number of allylic oxidation sites excluding steroid dienone is 1. The second-order valence-corrected chi connectivity index (χ2v) is 7.88. The van der Waals surface area contributed by atoms with Gasteiger partial charge < -0.3 is 26.7 Å². The first-order chi connectivity index (χ1) is 15.0. The Hall–Kier alpha value is -3.71.